The van der Waals surface area contributed by atoms with Gasteiger partial charge in [-0.2, -0.15) is 13.2 Å². The number of rotatable bonds is 5. The molecule has 0 radical (unpaired) electrons. The van der Waals surface area contributed by atoms with Crippen LogP contribution in [-0.4, -0.2) is 11.8 Å². The maximum atomic E-state index is 12.7. The number of carbonyl (C=O) groups excluding carboxylic acids is 2. The lowest BCUT2D eigenvalue weighted by molar-refractivity contribution is -0.137. The number of alkyl halides is 3. The van der Waals surface area contributed by atoms with Gasteiger partial charge >= 0.3 is 6.18 Å². The molecule has 2 aromatic carbocycles. The molecule has 0 unspecified atom stereocenters. The summed E-state index contributed by atoms with van der Waals surface area (Å²) in [7, 11) is 0. The SMILES string of the molecule is CC(C)CC(=O)Nc1cccc(C(=O)Nc2cccc(C(F)(F)F)c2)c1. The van der Waals surface area contributed by atoms with Crippen LogP contribution in [0.15, 0.2) is 48.5 Å². The van der Waals surface area contributed by atoms with E-state index in [-0.39, 0.29) is 23.1 Å². The third-order valence-electron chi connectivity index (χ3n) is 3.45. The Morgan fingerprint density at radius 3 is 2.19 bits per heavy atom. The molecule has 138 valence electrons. The van der Waals surface area contributed by atoms with Crippen LogP contribution in [0.1, 0.15) is 36.2 Å². The van der Waals surface area contributed by atoms with Crippen molar-refractivity contribution in [3.05, 3.63) is 59.7 Å². The molecular weight excluding hydrogens is 345 g/mol. The molecule has 0 heterocycles. The molecule has 4 nitrogen and oxygen atoms in total. The fourth-order valence-electron chi connectivity index (χ4n) is 2.30. The van der Waals surface area contributed by atoms with Gasteiger partial charge in [-0.25, -0.2) is 0 Å². The molecule has 0 bridgehead atoms. The first-order valence-electron chi connectivity index (χ1n) is 8.03. The molecule has 0 spiro atoms. The number of benzene rings is 2. The van der Waals surface area contributed by atoms with Gasteiger partial charge in [-0.05, 0) is 42.3 Å². The number of anilines is 2. The second kappa shape index (κ2) is 8.03. The smallest absolute Gasteiger partial charge is 0.326 e. The van der Waals surface area contributed by atoms with Gasteiger partial charge in [0.15, 0.2) is 0 Å². The third kappa shape index (κ3) is 5.61. The van der Waals surface area contributed by atoms with E-state index in [0.29, 0.717) is 12.1 Å². The normalized spacial score (nSPS) is 11.3. The summed E-state index contributed by atoms with van der Waals surface area (Å²) in [5, 5.41) is 5.13. The maximum Gasteiger partial charge on any atom is 0.416 e. The van der Waals surface area contributed by atoms with Gasteiger partial charge in [0.2, 0.25) is 5.91 Å². The maximum absolute atomic E-state index is 12.7. The zero-order chi connectivity index (χ0) is 19.3. The van der Waals surface area contributed by atoms with Crippen molar-refractivity contribution < 1.29 is 22.8 Å². The van der Waals surface area contributed by atoms with E-state index in [4.69, 9.17) is 0 Å². The lowest BCUT2D eigenvalue weighted by Gasteiger charge is -2.11. The molecule has 0 atom stereocenters. The number of nitrogens with one attached hydrogen (secondary N) is 2. The number of amides is 2. The van der Waals surface area contributed by atoms with Crippen LogP contribution in [0.5, 0.6) is 0 Å². The Morgan fingerprint density at radius 1 is 0.962 bits per heavy atom. The summed E-state index contributed by atoms with van der Waals surface area (Å²) in [5.41, 5.74) is -0.124. The summed E-state index contributed by atoms with van der Waals surface area (Å²) < 4.78 is 38.2. The first kappa shape index (κ1) is 19.5. The van der Waals surface area contributed by atoms with E-state index in [0.717, 1.165) is 12.1 Å². The van der Waals surface area contributed by atoms with E-state index in [1.165, 1.54) is 24.3 Å². The number of hydrogen-bond donors (Lipinski definition) is 2. The molecule has 26 heavy (non-hydrogen) atoms. The van der Waals surface area contributed by atoms with Crippen LogP contribution < -0.4 is 10.6 Å². The fraction of sp³-hybridized carbons (Fsp3) is 0.263. The standard InChI is InChI=1S/C19H19F3N2O2/c1-12(2)9-17(25)23-15-7-3-5-13(10-15)18(26)24-16-8-4-6-14(11-16)19(20,21)22/h3-8,10-12H,9H2,1-2H3,(H,23,25)(H,24,26). The molecule has 0 saturated heterocycles. The minimum absolute atomic E-state index is 0.0408. The summed E-state index contributed by atoms with van der Waals surface area (Å²) >= 11 is 0. The predicted octanol–water partition coefficient (Wildman–Crippen LogP) is 4.94. The van der Waals surface area contributed by atoms with Crippen molar-refractivity contribution in [3.63, 3.8) is 0 Å². The minimum Gasteiger partial charge on any atom is -0.326 e. The summed E-state index contributed by atoms with van der Waals surface area (Å²) in [6.07, 6.45) is -4.14. The molecule has 0 aromatic heterocycles. The van der Waals surface area contributed by atoms with Crippen LogP contribution in [0, 0.1) is 5.92 Å². The van der Waals surface area contributed by atoms with Crippen molar-refractivity contribution in [1.82, 2.24) is 0 Å². The third-order valence-corrected chi connectivity index (χ3v) is 3.45. The van der Waals surface area contributed by atoms with E-state index in [1.54, 1.807) is 12.1 Å². The molecule has 7 heteroatoms. The Hall–Kier alpha value is -2.83. The highest BCUT2D eigenvalue weighted by Gasteiger charge is 2.30. The molecule has 0 aliphatic carbocycles. The van der Waals surface area contributed by atoms with Gasteiger partial charge in [0, 0.05) is 23.4 Å². The molecule has 2 amide bonds. The van der Waals surface area contributed by atoms with Crippen molar-refractivity contribution >= 4 is 23.2 Å². The van der Waals surface area contributed by atoms with Crippen LogP contribution in [0.3, 0.4) is 0 Å². The molecule has 2 aromatic rings. The molecule has 0 aliphatic rings. The Labute approximate surface area is 149 Å². The van der Waals surface area contributed by atoms with Gasteiger partial charge < -0.3 is 10.6 Å². The lowest BCUT2D eigenvalue weighted by atomic mass is 10.1. The van der Waals surface area contributed by atoms with Crippen molar-refractivity contribution in [1.29, 1.82) is 0 Å². The van der Waals surface area contributed by atoms with E-state index >= 15 is 0 Å². The van der Waals surface area contributed by atoms with Gasteiger partial charge in [-0.15, -0.1) is 0 Å². The summed E-state index contributed by atoms with van der Waals surface area (Å²) in [6.45, 7) is 3.83. The monoisotopic (exact) mass is 364 g/mol. The zero-order valence-corrected chi connectivity index (χ0v) is 14.4. The topological polar surface area (TPSA) is 58.2 Å². The molecule has 2 N–H and O–H groups in total. The quantitative estimate of drug-likeness (QED) is 0.789. The lowest BCUT2D eigenvalue weighted by Crippen LogP contribution is -2.16. The second-order valence-electron chi connectivity index (χ2n) is 6.26. The van der Waals surface area contributed by atoms with Crippen molar-refractivity contribution in [2.75, 3.05) is 10.6 Å². The molecular formula is C19H19F3N2O2. The van der Waals surface area contributed by atoms with Crippen LogP contribution in [0.2, 0.25) is 0 Å². The molecule has 0 saturated carbocycles. The van der Waals surface area contributed by atoms with Crippen molar-refractivity contribution in [3.8, 4) is 0 Å². The van der Waals surface area contributed by atoms with Gasteiger partial charge in [-0.3, -0.25) is 9.59 Å². The summed E-state index contributed by atoms with van der Waals surface area (Å²) in [4.78, 5) is 24.1. The first-order chi connectivity index (χ1) is 12.1. The Kier molecular flexibility index (Phi) is 6.02. The molecule has 2 rings (SSSR count). The Morgan fingerprint density at radius 2 is 1.58 bits per heavy atom. The zero-order valence-electron chi connectivity index (χ0n) is 14.4. The highest BCUT2D eigenvalue weighted by Crippen LogP contribution is 2.30. The first-order valence-corrected chi connectivity index (χ1v) is 8.03. The van der Waals surface area contributed by atoms with Crippen LogP contribution in [-0.2, 0) is 11.0 Å². The number of halogens is 3. The van der Waals surface area contributed by atoms with Crippen LogP contribution in [0.25, 0.3) is 0 Å². The summed E-state index contributed by atoms with van der Waals surface area (Å²) in [6, 6.07) is 10.6. The fourth-order valence-corrected chi connectivity index (χ4v) is 2.30. The largest absolute Gasteiger partial charge is 0.416 e. The second-order valence-corrected chi connectivity index (χ2v) is 6.26. The van der Waals surface area contributed by atoms with Gasteiger partial charge in [0.25, 0.3) is 5.91 Å². The highest BCUT2D eigenvalue weighted by molar-refractivity contribution is 6.05. The van der Waals surface area contributed by atoms with Crippen molar-refractivity contribution in [2.45, 2.75) is 26.4 Å². The number of carbonyl (C=O) groups is 2. The van der Waals surface area contributed by atoms with E-state index in [2.05, 4.69) is 10.6 Å². The minimum atomic E-state index is -4.48. The predicted molar refractivity (Wildman–Crippen MR) is 93.9 cm³/mol. The van der Waals surface area contributed by atoms with E-state index in [1.807, 2.05) is 13.8 Å². The average Bonchev–Trinajstić information content (AvgIpc) is 2.53. The molecule has 0 aliphatic heterocycles. The van der Waals surface area contributed by atoms with Gasteiger partial charge in [0.05, 0.1) is 5.56 Å². The summed E-state index contributed by atoms with van der Waals surface area (Å²) in [5.74, 6) is -0.540. The van der Waals surface area contributed by atoms with Gasteiger partial charge in [-0.1, -0.05) is 26.0 Å². The van der Waals surface area contributed by atoms with E-state index in [9.17, 15) is 22.8 Å². The Balaban J connectivity index is 2.11. The molecule has 0 fully saturated rings. The Bertz CT molecular complexity index is 801. The van der Waals surface area contributed by atoms with Crippen LogP contribution in [0.4, 0.5) is 24.5 Å². The van der Waals surface area contributed by atoms with Crippen molar-refractivity contribution in [2.24, 2.45) is 5.92 Å². The highest BCUT2D eigenvalue weighted by atomic mass is 19.4. The van der Waals surface area contributed by atoms with E-state index < -0.39 is 17.6 Å². The average molecular weight is 364 g/mol. The number of hydrogen-bond acceptors (Lipinski definition) is 2. The van der Waals surface area contributed by atoms with Gasteiger partial charge in [0.1, 0.15) is 0 Å². The van der Waals surface area contributed by atoms with Crippen LogP contribution >= 0.6 is 0 Å².